The van der Waals surface area contributed by atoms with Crippen LogP contribution in [0.1, 0.15) is 23.9 Å². The van der Waals surface area contributed by atoms with E-state index in [0.717, 1.165) is 22.7 Å². The van der Waals surface area contributed by atoms with Crippen LogP contribution in [0.5, 0.6) is 11.5 Å². The van der Waals surface area contributed by atoms with Gasteiger partial charge in [0.05, 0.1) is 18.8 Å². The van der Waals surface area contributed by atoms with Gasteiger partial charge in [0.1, 0.15) is 17.2 Å². The number of benzene rings is 1. The van der Waals surface area contributed by atoms with Gasteiger partial charge >= 0.3 is 0 Å². The van der Waals surface area contributed by atoms with Gasteiger partial charge in [0.2, 0.25) is 0 Å². The second-order valence-corrected chi connectivity index (χ2v) is 4.70. The lowest BCUT2D eigenvalue weighted by Crippen LogP contribution is -2.05. The van der Waals surface area contributed by atoms with Crippen LogP contribution in [0.2, 0.25) is 0 Å². The van der Waals surface area contributed by atoms with E-state index < -0.39 is 0 Å². The van der Waals surface area contributed by atoms with Gasteiger partial charge in [0.15, 0.2) is 0 Å². The van der Waals surface area contributed by atoms with Crippen LogP contribution in [0.4, 0.5) is 5.69 Å². The van der Waals surface area contributed by atoms with Crippen LogP contribution < -0.4 is 10.1 Å². The molecule has 2 N–H and O–H groups in total. The van der Waals surface area contributed by atoms with Crippen molar-refractivity contribution in [1.82, 2.24) is 4.98 Å². The van der Waals surface area contributed by atoms with E-state index in [4.69, 9.17) is 4.74 Å². The van der Waals surface area contributed by atoms with Crippen molar-refractivity contribution >= 4 is 5.69 Å². The van der Waals surface area contributed by atoms with Crippen LogP contribution in [-0.4, -0.2) is 16.7 Å². The zero-order valence-electron chi connectivity index (χ0n) is 12.1. The van der Waals surface area contributed by atoms with Crippen molar-refractivity contribution in [3.05, 3.63) is 47.3 Å². The first-order chi connectivity index (χ1) is 9.60. The van der Waals surface area contributed by atoms with E-state index >= 15 is 0 Å². The number of nitrogens with zero attached hydrogens (tertiary/aromatic N) is 1. The third-order valence-corrected chi connectivity index (χ3v) is 2.97. The summed E-state index contributed by atoms with van der Waals surface area (Å²) >= 11 is 0. The second-order valence-electron chi connectivity index (χ2n) is 4.70. The monoisotopic (exact) mass is 272 g/mol. The Morgan fingerprint density at radius 3 is 2.75 bits per heavy atom. The lowest BCUT2D eigenvalue weighted by atomic mass is 10.2. The third-order valence-electron chi connectivity index (χ3n) is 2.97. The highest BCUT2D eigenvalue weighted by molar-refractivity contribution is 5.58. The lowest BCUT2D eigenvalue weighted by molar-refractivity contribution is 0.341. The van der Waals surface area contributed by atoms with Gasteiger partial charge in [-0.1, -0.05) is 6.07 Å². The summed E-state index contributed by atoms with van der Waals surface area (Å²) in [4.78, 5) is 4.33. The molecule has 2 rings (SSSR count). The van der Waals surface area contributed by atoms with Crippen LogP contribution in [0.3, 0.4) is 0 Å². The van der Waals surface area contributed by atoms with E-state index in [1.165, 1.54) is 0 Å². The average Bonchev–Trinajstić information content (AvgIpc) is 2.42. The number of hydrogen-bond donors (Lipinski definition) is 2. The lowest BCUT2D eigenvalue weighted by Gasteiger charge is -2.13. The fourth-order valence-corrected chi connectivity index (χ4v) is 1.96. The normalized spacial score (nSPS) is 10.3. The van der Waals surface area contributed by atoms with Crippen molar-refractivity contribution in [3.63, 3.8) is 0 Å². The van der Waals surface area contributed by atoms with Gasteiger partial charge in [-0.3, -0.25) is 4.98 Å². The number of aromatic hydroxyl groups is 1. The number of pyridine rings is 1. The average molecular weight is 272 g/mol. The number of rotatable bonds is 5. The summed E-state index contributed by atoms with van der Waals surface area (Å²) in [5.74, 6) is 1.02. The van der Waals surface area contributed by atoms with Crippen LogP contribution in [0.25, 0.3) is 0 Å². The predicted octanol–water partition coefficient (Wildman–Crippen LogP) is 3.41. The Bertz CT molecular complexity index is 597. The number of nitrogens with one attached hydrogen (secondary N) is 1. The molecule has 1 aromatic carbocycles. The van der Waals surface area contributed by atoms with Gasteiger partial charge < -0.3 is 15.2 Å². The van der Waals surface area contributed by atoms with Gasteiger partial charge in [-0.25, -0.2) is 0 Å². The van der Waals surface area contributed by atoms with E-state index in [1.54, 1.807) is 12.1 Å². The van der Waals surface area contributed by atoms with Crippen LogP contribution in [0, 0.1) is 13.8 Å². The van der Waals surface area contributed by atoms with Crippen molar-refractivity contribution in [2.45, 2.75) is 27.3 Å². The molecule has 0 saturated heterocycles. The number of anilines is 1. The number of ether oxygens (including phenoxy) is 1. The Kier molecular flexibility index (Phi) is 4.45. The molecule has 0 aliphatic carbocycles. The zero-order chi connectivity index (χ0) is 14.5. The summed E-state index contributed by atoms with van der Waals surface area (Å²) in [6.45, 7) is 6.96. The first-order valence-electron chi connectivity index (χ1n) is 6.73. The second kappa shape index (κ2) is 6.28. The van der Waals surface area contributed by atoms with E-state index in [1.807, 2.05) is 39.0 Å². The minimum absolute atomic E-state index is 0.202. The number of hydrogen-bond acceptors (Lipinski definition) is 4. The molecule has 1 aromatic heterocycles. The standard InChI is InChI=1S/C16H20N2O2/c1-4-20-16-9-11(2)5-7-13(16)17-10-14-15(19)8-6-12(3)18-14/h5-9,17,19H,4,10H2,1-3H3. The van der Waals surface area contributed by atoms with E-state index in [2.05, 4.69) is 10.3 Å². The molecular formula is C16H20N2O2. The van der Waals surface area contributed by atoms with Gasteiger partial charge in [0.25, 0.3) is 0 Å². The van der Waals surface area contributed by atoms with Crippen molar-refractivity contribution < 1.29 is 9.84 Å². The zero-order valence-corrected chi connectivity index (χ0v) is 12.1. The SMILES string of the molecule is CCOc1cc(C)ccc1NCc1nc(C)ccc1O. The van der Waals surface area contributed by atoms with Crippen molar-refractivity contribution in [3.8, 4) is 11.5 Å². The molecule has 0 amide bonds. The number of aromatic nitrogens is 1. The molecule has 4 heteroatoms. The smallest absolute Gasteiger partial charge is 0.142 e. The summed E-state index contributed by atoms with van der Waals surface area (Å²) < 4.78 is 5.61. The Morgan fingerprint density at radius 1 is 1.20 bits per heavy atom. The topological polar surface area (TPSA) is 54.4 Å². The van der Waals surface area contributed by atoms with E-state index in [-0.39, 0.29) is 5.75 Å². The van der Waals surface area contributed by atoms with Gasteiger partial charge in [-0.2, -0.15) is 0 Å². The van der Waals surface area contributed by atoms with Crippen molar-refractivity contribution in [1.29, 1.82) is 0 Å². The summed E-state index contributed by atoms with van der Waals surface area (Å²) in [6.07, 6.45) is 0. The van der Waals surface area contributed by atoms with Gasteiger partial charge in [0, 0.05) is 5.69 Å². The molecule has 2 aromatic rings. The Labute approximate surface area is 119 Å². The molecule has 0 saturated carbocycles. The maximum Gasteiger partial charge on any atom is 0.142 e. The maximum absolute atomic E-state index is 9.80. The van der Waals surface area contributed by atoms with E-state index in [9.17, 15) is 5.11 Å². The molecular weight excluding hydrogens is 252 g/mol. The molecule has 106 valence electrons. The van der Waals surface area contributed by atoms with Gasteiger partial charge in [-0.05, 0) is 50.6 Å². The van der Waals surface area contributed by atoms with Gasteiger partial charge in [-0.15, -0.1) is 0 Å². The molecule has 0 aliphatic rings. The highest BCUT2D eigenvalue weighted by Crippen LogP contribution is 2.27. The molecule has 0 unspecified atom stereocenters. The predicted molar refractivity (Wildman–Crippen MR) is 80.3 cm³/mol. The first-order valence-corrected chi connectivity index (χ1v) is 6.73. The number of aryl methyl sites for hydroxylation is 2. The Hall–Kier alpha value is -2.23. The molecule has 0 atom stereocenters. The molecule has 1 heterocycles. The summed E-state index contributed by atoms with van der Waals surface area (Å²) in [6, 6.07) is 9.45. The maximum atomic E-state index is 9.80. The third kappa shape index (κ3) is 3.41. The molecule has 0 aliphatic heterocycles. The highest BCUT2D eigenvalue weighted by Gasteiger charge is 2.07. The quantitative estimate of drug-likeness (QED) is 0.875. The molecule has 4 nitrogen and oxygen atoms in total. The summed E-state index contributed by atoms with van der Waals surface area (Å²) in [5.41, 5.74) is 3.57. The minimum Gasteiger partial charge on any atom is -0.506 e. The molecule has 0 spiro atoms. The molecule has 20 heavy (non-hydrogen) atoms. The fourth-order valence-electron chi connectivity index (χ4n) is 1.96. The Morgan fingerprint density at radius 2 is 2.00 bits per heavy atom. The van der Waals surface area contributed by atoms with Crippen LogP contribution in [-0.2, 0) is 6.54 Å². The largest absolute Gasteiger partial charge is 0.506 e. The van der Waals surface area contributed by atoms with E-state index in [0.29, 0.717) is 18.8 Å². The highest BCUT2D eigenvalue weighted by atomic mass is 16.5. The molecule has 0 radical (unpaired) electrons. The fraction of sp³-hybridized carbons (Fsp3) is 0.312. The summed E-state index contributed by atoms with van der Waals surface area (Å²) in [7, 11) is 0. The molecule has 0 fully saturated rings. The molecule has 0 bridgehead atoms. The van der Waals surface area contributed by atoms with Crippen LogP contribution in [0.15, 0.2) is 30.3 Å². The first kappa shape index (κ1) is 14.2. The van der Waals surface area contributed by atoms with Crippen molar-refractivity contribution in [2.75, 3.05) is 11.9 Å². The Balaban J connectivity index is 2.16. The van der Waals surface area contributed by atoms with Crippen LogP contribution >= 0.6 is 0 Å². The minimum atomic E-state index is 0.202. The summed E-state index contributed by atoms with van der Waals surface area (Å²) in [5, 5.41) is 13.1. The van der Waals surface area contributed by atoms with Crippen molar-refractivity contribution in [2.24, 2.45) is 0 Å².